The standard InChI is InChI=1S/C37H47FN6O6S/c1-22(2)16-29-37(49)43(4)23(3)35(47)42-28(17-24-8-6-5-7-9-24)36(48)41-27-14-15-50-31(34(27)46)18-44(19-32(45)39-29)20-33-40-30(21-51-33)25-10-12-26(38)13-11-25/h5-13,21-23,27-29,31,34,46H,14-20H2,1-4H3,(H,39,45)(H,41,48)(H,42,47)/t23-,27-,28-,29+,31+,34-/m0/s1. The molecule has 2 aliphatic rings. The summed E-state index contributed by atoms with van der Waals surface area (Å²) in [6.45, 7) is 5.91. The van der Waals surface area contributed by atoms with Gasteiger partial charge >= 0.3 is 0 Å². The molecule has 2 saturated heterocycles. The summed E-state index contributed by atoms with van der Waals surface area (Å²) in [6, 6.07) is 11.8. The molecule has 5 rings (SSSR count). The number of rotatable bonds is 7. The molecule has 0 radical (unpaired) electrons. The number of amides is 4. The van der Waals surface area contributed by atoms with E-state index in [2.05, 4.69) is 16.0 Å². The highest BCUT2D eigenvalue weighted by molar-refractivity contribution is 7.09. The Morgan fingerprint density at radius 3 is 2.43 bits per heavy atom. The highest BCUT2D eigenvalue weighted by Gasteiger charge is 2.38. The minimum Gasteiger partial charge on any atom is -0.388 e. The highest BCUT2D eigenvalue weighted by atomic mass is 32.1. The van der Waals surface area contributed by atoms with Crippen LogP contribution in [0.3, 0.4) is 0 Å². The molecule has 2 bridgehead atoms. The van der Waals surface area contributed by atoms with Crippen molar-refractivity contribution in [1.29, 1.82) is 0 Å². The number of fused-ring (bicyclic) bond motifs is 2. The van der Waals surface area contributed by atoms with E-state index >= 15 is 0 Å². The monoisotopic (exact) mass is 722 g/mol. The van der Waals surface area contributed by atoms with E-state index in [1.54, 1.807) is 24.0 Å². The Kier molecular flexibility index (Phi) is 12.9. The Hall–Kier alpha value is -4.24. The maximum absolute atomic E-state index is 13.8. The van der Waals surface area contributed by atoms with E-state index in [-0.39, 0.29) is 44.4 Å². The summed E-state index contributed by atoms with van der Waals surface area (Å²) < 4.78 is 19.5. The van der Waals surface area contributed by atoms with Crippen molar-refractivity contribution >= 4 is 35.0 Å². The van der Waals surface area contributed by atoms with Gasteiger partial charge in [0.25, 0.3) is 0 Å². The first-order valence-electron chi connectivity index (χ1n) is 17.3. The molecule has 274 valence electrons. The first-order chi connectivity index (χ1) is 24.4. The number of nitrogens with one attached hydrogen (secondary N) is 3. The van der Waals surface area contributed by atoms with Crippen molar-refractivity contribution in [2.45, 2.75) is 83.0 Å². The van der Waals surface area contributed by atoms with Crippen molar-refractivity contribution in [1.82, 2.24) is 30.7 Å². The number of likely N-dealkylation sites (N-methyl/N-ethyl adjacent to an activating group) is 1. The minimum atomic E-state index is -1.12. The number of hydrogen-bond acceptors (Lipinski definition) is 9. The van der Waals surface area contributed by atoms with Crippen LogP contribution in [-0.2, 0) is 36.9 Å². The number of nitrogens with zero attached hydrogens (tertiary/aromatic N) is 3. The molecule has 0 unspecified atom stereocenters. The van der Waals surface area contributed by atoms with Gasteiger partial charge < -0.3 is 30.7 Å². The van der Waals surface area contributed by atoms with E-state index in [9.17, 15) is 28.7 Å². The number of carbonyl (C=O) groups is 4. The number of ether oxygens (including phenoxy) is 1. The molecular formula is C37H47FN6O6S. The Balaban J connectivity index is 1.45. The van der Waals surface area contributed by atoms with E-state index in [0.29, 0.717) is 23.5 Å². The van der Waals surface area contributed by atoms with Gasteiger partial charge in [0.05, 0.1) is 30.9 Å². The number of aliphatic hydroxyl groups is 1. The number of aliphatic hydroxyl groups excluding tert-OH is 1. The van der Waals surface area contributed by atoms with Crippen molar-refractivity contribution < 1.29 is 33.4 Å². The summed E-state index contributed by atoms with van der Waals surface area (Å²) in [5, 5.41) is 22.7. The molecule has 12 nitrogen and oxygen atoms in total. The van der Waals surface area contributed by atoms with Gasteiger partial charge in [-0.2, -0.15) is 0 Å². The van der Waals surface area contributed by atoms with Crippen LogP contribution in [0.1, 0.15) is 44.2 Å². The molecule has 6 atom stereocenters. The Labute approximate surface area is 301 Å². The predicted octanol–water partition coefficient (Wildman–Crippen LogP) is 2.50. The third-order valence-electron chi connectivity index (χ3n) is 9.30. The summed E-state index contributed by atoms with van der Waals surface area (Å²) in [7, 11) is 1.51. The Bertz CT molecular complexity index is 1660. The third-order valence-corrected chi connectivity index (χ3v) is 10.1. The van der Waals surface area contributed by atoms with Crippen molar-refractivity contribution in [2.24, 2.45) is 5.92 Å². The average molecular weight is 723 g/mol. The fraction of sp³-hybridized carbons (Fsp3) is 0.486. The van der Waals surface area contributed by atoms with E-state index in [1.807, 2.05) is 49.6 Å². The fourth-order valence-electron chi connectivity index (χ4n) is 6.34. The van der Waals surface area contributed by atoms with Crippen LogP contribution in [-0.4, -0.2) is 107 Å². The van der Waals surface area contributed by atoms with Crippen LogP contribution in [0.2, 0.25) is 0 Å². The van der Waals surface area contributed by atoms with Crippen LogP contribution in [0.25, 0.3) is 11.3 Å². The van der Waals surface area contributed by atoms with Gasteiger partial charge in [-0.05, 0) is 55.5 Å². The van der Waals surface area contributed by atoms with Crippen LogP contribution < -0.4 is 16.0 Å². The second kappa shape index (κ2) is 17.3. The largest absolute Gasteiger partial charge is 0.388 e. The molecule has 0 spiro atoms. The molecule has 4 amide bonds. The molecule has 2 aliphatic heterocycles. The van der Waals surface area contributed by atoms with Crippen LogP contribution in [0.15, 0.2) is 60.0 Å². The Morgan fingerprint density at radius 2 is 1.73 bits per heavy atom. The molecule has 1 aromatic heterocycles. The van der Waals surface area contributed by atoms with Crippen molar-refractivity contribution in [3.05, 3.63) is 76.4 Å². The SMILES string of the molecule is CC(C)C[C@H]1NC(=O)CN(Cc2nc(-c3ccc(F)cc3)cs2)C[C@H]2OCC[C@H](NC(=O)[C@H](Cc3ccccc3)NC(=O)[C@H](C)N(C)C1=O)[C@@H]2O. The van der Waals surface area contributed by atoms with E-state index in [4.69, 9.17) is 9.72 Å². The molecule has 4 N–H and O–H groups in total. The van der Waals surface area contributed by atoms with Crippen LogP contribution in [0.4, 0.5) is 4.39 Å². The molecule has 0 saturated carbocycles. The molecule has 0 aliphatic carbocycles. The average Bonchev–Trinajstić information content (AvgIpc) is 3.56. The van der Waals surface area contributed by atoms with Crippen LogP contribution >= 0.6 is 11.3 Å². The topological polar surface area (TPSA) is 153 Å². The molecular weight excluding hydrogens is 676 g/mol. The number of carbonyl (C=O) groups excluding carboxylic acids is 4. The summed E-state index contributed by atoms with van der Waals surface area (Å²) in [5.74, 6) is -2.15. The molecule has 14 heteroatoms. The van der Waals surface area contributed by atoms with Gasteiger partial charge in [-0.15, -0.1) is 11.3 Å². The summed E-state index contributed by atoms with van der Waals surface area (Å²) in [4.78, 5) is 62.8. The smallest absolute Gasteiger partial charge is 0.245 e. The Morgan fingerprint density at radius 1 is 1.00 bits per heavy atom. The van der Waals surface area contributed by atoms with E-state index < -0.39 is 60.0 Å². The predicted molar refractivity (Wildman–Crippen MR) is 191 cm³/mol. The fourth-order valence-corrected chi connectivity index (χ4v) is 7.19. The van der Waals surface area contributed by atoms with Gasteiger partial charge in [-0.1, -0.05) is 44.2 Å². The normalized spacial score (nSPS) is 26.0. The van der Waals surface area contributed by atoms with Crippen LogP contribution in [0, 0.1) is 11.7 Å². The minimum absolute atomic E-state index is 0.0452. The van der Waals surface area contributed by atoms with Crippen molar-refractivity contribution in [2.75, 3.05) is 26.7 Å². The number of halogens is 1. The zero-order valence-electron chi connectivity index (χ0n) is 29.4. The highest BCUT2D eigenvalue weighted by Crippen LogP contribution is 2.24. The second-order valence-corrected chi connectivity index (χ2v) is 14.7. The number of thiazole rings is 1. The molecule has 3 heterocycles. The lowest BCUT2D eigenvalue weighted by molar-refractivity contribution is -0.142. The zero-order valence-corrected chi connectivity index (χ0v) is 30.2. The first kappa shape index (κ1) is 38.0. The zero-order chi connectivity index (χ0) is 36.7. The van der Waals surface area contributed by atoms with Crippen LogP contribution in [0.5, 0.6) is 0 Å². The van der Waals surface area contributed by atoms with Gasteiger partial charge in [0.1, 0.15) is 35.1 Å². The molecule has 2 aromatic carbocycles. The lowest BCUT2D eigenvalue weighted by atomic mass is 9.97. The van der Waals surface area contributed by atoms with Gasteiger partial charge in [-0.3, -0.25) is 24.1 Å². The molecule has 3 aromatic rings. The number of hydrogen-bond donors (Lipinski definition) is 4. The summed E-state index contributed by atoms with van der Waals surface area (Å²) in [5.41, 5.74) is 2.23. The number of benzene rings is 2. The van der Waals surface area contributed by atoms with Gasteiger partial charge in [0.15, 0.2) is 0 Å². The third kappa shape index (κ3) is 10.2. The van der Waals surface area contributed by atoms with Gasteiger partial charge in [-0.25, -0.2) is 9.37 Å². The summed E-state index contributed by atoms with van der Waals surface area (Å²) in [6.07, 6.45) is -1.02. The van der Waals surface area contributed by atoms with E-state index in [1.165, 1.54) is 35.4 Å². The second-order valence-electron chi connectivity index (χ2n) is 13.7. The van der Waals surface area contributed by atoms with Crippen molar-refractivity contribution in [3.8, 4) is 11.3 Å². The molecule has 51 heavy (non-hydrogen) atoms. The summed E-state index contributed by atoms with van der Waals surface area (Å²) >= 11 is 1.38. The van der Waals surface area contributed by atoms with Gasteiger partial charge in [0, 0.05) is 37.6 Å². The van der Waals surface area contributed by atoms with Gasteiger partial charge in [0.2, 0.25) is 23.6 Å². The quantitative estimate of drug-likeness (QED) is 0.291. The maximum Gasteiger partial charge on any atom is 0.245 e. The van der Waals surface area contributed by atoms with Crippen molar-refractivity contribution in [3.63, 3.8) is 0 Å². The lowest BCUT2D eigenvalue weighted by Gasteiger charge is -2.38. The molecule has 2 fully saturated rings. The number of aromatic nitrogens is 1. The first-order valence-corrected chi connectivity index (χ1v) is 18.2. The maximum atomic E-state index is 13.8. The lowest BCUT2D eigenvalue weighted by Crippen LogP contribution is -2.60. The van der Waals surface area contributed by atoms with E-state index in [0.717, 1.165) is 11.1 Å².